The second-order valence-corrected chi connectivity index (χ2v) is 37.7. The first-order valence-electron chi connectivity index (χ1n) is 44.7. The van der Waals surface area contributed by atoms with Gasteiger partial charge in [-0.25, -0.2) is 33.9 Å². The van der Waals surface area contributed by atoms with Crippen LogP contribution in [0.25, 0.3) is 67.0 Å². The highest BCUT2D eigenvalue weighted by Crippen LogP contribution is 2.61. The summed E-state index contributed by atoms with van der Waals surface area (Å²) in [4.78, 5) is 130. The van der Waals surface area contributed by atoms with Gasteiger partial charge in [0.05, 0.1) is 107 Å². The van der Waals surface area contributed by atoms with E-state index in [4.69, 9.17) is 44.5 Å². The normalized spacial score (nSPS) is 23.1. The van der Waals surface area contributed by atoms with Crippen molar-refractivity contribution in [1.82, 2.24) is 61.2 Å². The summed E-state index contributed by atoms with van der Waals surface area (Å²) in [6, 6.07) is 32.7. The number of halogens is 4. The van der Waals surface area contributed by atoms with Crippen molar-refractivity contribution in [2.45, 2.75) is 203 Å². The molecule has 6 aliphatic carbocycles. The standard InChI is InChI=1S/C49H50F2N8O6.C43H44F2N6O3.C6H8N2O4/c1-25(2)41(57-47(63)65-4)45(61)58-24-48(14-15-48)22-40(58)43-53-23-39(55-43)28-7-11-33-32-10-6-27(19-34(32)49(50,51)35(33)20-28)26-8-12-36-30(17-26)21-38(54-36)42-29-5-9-31(18-29)59(42)44(60)37(13-16-52)56-46(62)64-3;1-22(2)37(50-41(53)54-3)40(52)51-21-42(12-13-42)19-36(51)39-46-20-35(49-39)25-6-10-30-29-9-5-24(16-31(29)43(44,45)32(30)17-25)23-7-11-33-27(14-23)18-34(48-33)38-26-4-8-28(15-26)47-38;1-12-6(11)8-4(2-3-7)5(9)10/h6-8,10-12,17,19-20,23,25,29,31,37,40-42H,5,9,13-15,18,21-22,24H2,1-4H3,(H,53,55)(H,56,62)(H,57,63);5-7,9-11,14,16-17,20,22,26,28,36-38,47H,4,8,12-13,15,18-19,21H2,1-3H3,(H,46,49)(H,50,53);4H,2H2,1H3,(H,8,11)(H,9,10)/t29-,31+,37-,40-,41-,42-;26-,28+,36-,37-,38-;4-/m000/s1. The van der Waals surface area contributed by atoms with Crippen LogP contribution in [0.5, 0.6) is 0 Å². The van der Waals surface area contributed by atoms with E-state index in [-0.39, 0.29) is 106 Å². The predicted molar refractivity (Wildman–Crippen MR) is 474 cm³/mol. The van der Waals surface area contributed by atoms with Crippen LogP contribution < -0.4 is 26.6 Å². The fraction of sp³-hybridized carbons (Fsp3) is 0.449. The maximum absolute atomic E-state index is 16.7. The van der Waals surface area contributed by atoms with E-state index in [0.29, 0.717) is 99.5 Å². The maximum Gasteiger partial charge on any atom is 0.407 e. The van der Waals surface area contributed by atoms with Crippen LogP contribution in [0.15, 0.2) is 132 Å². The highest BCUT2D eigenvalue weighted by molar-refractivity contribution is 6.03. The quantitative estimate of drug-likeness (QED) is 0.0259. The molecule has 0 radical (unpaired) electrons. The number of alkyl carbamates (subject to hydrolysis) is 4. The number of aliphatic imine (C=N–C) groups is 2. The molecule has 12 aliphatic rings. The molecule has 6 aliphatic heterocycles. The summed E-state index contributed by atoms with van der Waals surface area (Å²) in [7, 11) is 4.86. The Labute approximate surface area is 753 Å². The first kappa shape index (κ1) is 88.3. The summed E-state index contributed by atoms with van der Waals surface area (Å²) in [5.74, 6) is -6.73. The van der Waals surface area contributed by atoms with E-state index >= 15 is 17.6 Å². The summed E-state index contributed by atoms with van der Waals surface area (Å²) in [6.07, 6.45) is 13.0. The molecule has 2 aromatic heterocycles. The number of benzene rings is 6. The van der Waals surface area contributed by atoms with Gasteiger partial charge in [0.1, 0.15) is 35.8 Å². The van der Waals surface area contributed by atoms with Gasteiger partial charge in [0.15, 0.2) is 0 Å². The number of amides is 7. The number of fused-ring (bicyclic) bond motifs is 12. The predicted octanol–water partition coefficient (Wildman–Crippen LogP) is 15.7. The number of carboxylic acids is 1. The molecule has 33 heteroatoms. The Morgan fingerprint density at radius 1 is 0.504 bits per heavy atom. The summed E-state index contributed by atoms with van der Waals surface area (Å²) >= 11 is 0. The van der Waals surface area contributed by atoms with Gasteiger partial charge in [-0.15, -0.1) is 0 Å². The van der Waals surface area contributed by atoms with E-state index in [9.17, 15) is 43.6 Å². The molecule has 680 valence electrons. The van der Waals surface area contributed by atoms with E-state index in [1.165, 1.54) is 52.4 Å². The summed E-state index contributed by atoms with van der Waals surface area (Å²) in [5, 5.41) is 39.7. The molecule has 4 saturated carbocycles. The van der Waals surface area contributed by atoms with Crippen LogP contribution >= 0.6 is 0 Å². The van der Waals surface area contributed by atoms with Gasteiger partial charge in [-0.2, -0.15) is 28.1 Å². The van der Waals surface area contributed by atoms with Gasteiger partial charge >= 0.3 is 30.3 Å². The van der Waals surface area contributed by atoms with Crippen LogP contribution in [-0.4, -0.2) is 189 Å². The van der Waals surface area contributed by atoms with Gasteiger partial charge < -0.3 is 75.3 Å². The Balaban J connectivity index is 0.000000158. The smallest absolute Gasteiger partial charge is 0.407 e. The molecule has 2 spiro atoms. The Hall–Kier alpha value is -13.3. The molecule has 6 aromatic carbocycles. The number of rotatable bonds is 20. The Morgan fingerprint density at radius 2 is 0.908 bits per heavy atom. The third-order valence-corrected chi connectivity index (χ3v) is 28.9. The van der Waals surface area contributed by atoms with Gasteiger partial charge in [-0.1, -0.05) is 88.4 Å². The lowest BCUT2D eigenvalue weighted by Crippen LogP contribution is -2.56. The van der Waals surface area contributed by atoms with Crippen molar-refractivity contribution in [3.05, 3.63) is 167 Å². The molecule has 8 heterocycles. The number of aromatic nitrogens is 4. The number of nitrogens with zero attached hydrogens (tertiary/aromatic N) is 9. The number of ether oxygens (including phenoxy) is 4. The maximum atomic E-state index is 16.7. The Morgan fingerprint density at radius 3 is 1.33 bits per heavy atom. The third-order valence-electron chi connectivity index (χ3n) is 28.9. The molecule has 4 bridgehead atoms. The van der Waals surface area contributed by atoms with Crippen molar-refractivity contribution in [3.8, 4) is 79.2 Å². The third kappa shape index (κ3) is 16.5. The zero-order valence-corrected chi connectivity index (χ0v) is 73.7. The number of methoxy groups -OCH3 is 4. The highest BCUT2D eigenvalue weighted by Gasteiger charge is 2.58. The molecule has 0 unspecified atom stereocenters. The second-order valence-electron chi connectivity index (χ2n) is 37.7. The first-order valence-corrected chi connectivity index (χ1v) is 44.7. The van der Waals surface area contributed by atoms with Crippen LogP contribution in [0, 0.1) is 57.2 Å². The number of aromatic amines is 2. The lowest BCUT2D eigenvalue weighted by Gasteiger charge is -2.37. The SMILES string of the molecule is COC(=O)N[C@@H](CC#N)C(=O)N1[C@@H]2CC[C@@H](C2)[C@H]1C1=Nc2ccc(-c3ccc4c(c3)C(F)(F)c3cc(-c5cnc([C@@H]6CC7(CC7)CN6C(=O)[C@@H](NC(=O)OC)C(C)C)[nH]5)ccc3-4)cc2C1.COC(=O)N[C@@H](CC#N)C(=O)O.COC(=O)N[C@H](C(=O)N1CC2(CC2)C[C@H]1c1ncc(-c2ccc3c(c2)C(F)(F)c2cc(-c4ccc5c(c4)CC([C@H]4N[C@@H]6CC[C@H]4C6)=N5)ccc2-3)[nH]1)C(C)C. The zero-order chi connectivity index (χ0) is 92.2. The number of likely N-dealkylation sites (tertiary alicyclic amines) is 3. The number of hydrogen-bond donors (Lipinski definition) is 8. The lowest BCUT2D eigenvalue weighted by atomic mass is 9.91. The van der Waals surface area contributed by atoms with Crippen LogP contribution in [0.4, 0.5) is 48.1 Å². The number of carbonyl (C=O) groups is 8. The number of hydrogen-bond acceptors (Lipinski definition) is 19. The number of alkyl halides is 4. The molecule has 8 N–H and O–H groups in total. The van der Waals surface area contributed by atoms with Gasteiger partial charge in [0, 0.05) is 88.9 Å². The monoisotopic (exact) mass is 1790 g/mol. The number of carbonyl (C=O) groups excluding carboxylic acids is 7. The molecule has 8 aromatic rings. The van der Waals surface area contributed by atoms with Crippen LogP contribution in [0.3, 0.4) is 0 Å². The largest absolute Gasteiger partial charge is 0.480 e. The number of carboxylic acid groups (broad SMARTS) is 1. The van der Waals surface area contributed by atoms with Crippen LogP contribution in [-0.2, 0) is 62.8 Å². The molecule has 29 nitrogen and oxygen atoms in total. The van der Waals surface area contributed by atoms with Gasteiger partial charge in [-0.3, -0.25) is 24.4 Å². The summed E-state index contributed by atoms with van der Waals surface area (Å²) in [5.41, 5.74) is 13.1. The van der Waals surface area contributed by atoms with Gasteiger partial charge in [-0.05, 0) is 216 Å². The highest BCUT2D eigenvalue weighted by atomic mass is 19.3. The van der Waals surface area contributed by atoms with Crippen molar-refractivity contribution >= 4 is 70.9 Å². The minimum atomic E-state index is -3.29. The molecule has 4 saturated heterocycles. The number of aliphatic carboxylic acids is 1. The molecule has 8 fully saturated rings. The number of nitrogens with one attached hydrogen (secondary N) is 7. The van der Waals surface area contributed by atoms with Crippen molar-refractivity contribution < 1.29 is 80.0 Å². The van der Waals surface area contributed by atoms with Crippen molar-refractivity contribution in [3.63, 3.8) is 0 Å². The minimum Gasteiger partial charge on any atom is -0.480 e. The average Bonchev–Trinajstić information content (AvgIpc) is 1.58. The van der Waals surface area contributed by atoms with Crippen LogP contribution in [0.2, 0.25) is 0 Å². The fourth-order valence-electron chi connectivity index (χ4n) is 21.6. The van der Waals surface area contributed by atoms with E-state index in [2.05, 4.69) is 42.0 Å². The fourth-order valence-corrected chi connectivity index (χ4v) is 21.6. The minimum absolute atomic E-state index is 0.00615. The zero-order valence-electron chi connectivity index (χ0n) is 73.7. The van der Waals surface area contributed by atoms with E-state index < -0.39 is 66.4 Å². The number of nitriles is 2. The molecule has 131 heavy (non-hydrogen) atoms. The van der Waals surface area contributed by atoms with Crippen LogP contribution in [0.1, 0.15) is 175 Å². The second kappa shape index (κ2) is 34.5. The molecular weight excluding hydrogens is 1690 g/mol. The van der Waals surface area contributed by atoms with E-state index in [0.717, 1.165) is 116 Å². The number of imidazole rings is 2. The summed E-state index contributed by atoms with van der Waals surface area (Å²) < 4.78 is 84.7. The Bertz CT molecular complexity index is 6140. The molecule has 7 amide bonds. The topological polar surface area (TPSA) is 393 Å². The summed E-state index contributed by atoms with van der Waals surface area (Å²) in [6.45, 7) is 8.65. The lowest BCUT2D eigenvalue weighted by molar-refractivity contribution is -0.139. The molecule has 12 atom stereocenters. The number of piperidine rings is 2. The first-order chi connectivity index (χ1) is 62.8. The van der Waals surface area contributed by atoms with Crippen molar-refractivity contribution in [1.29, 1.82) is 10.5 Å². The van der Waals surface area contributed by atoms with Crippen molar-refractivity contribution in [2.75, 3.05) is 41.5 Å². The van der Waals surface area contributed by atoms with Gasteiger partial charge in [0.25, 0.3) is 11.8 Å². The van der Waals surface area contributed by atoms with E-state index in [1.54, 1.807) is 59.8 Å². The van der Waals surface area contributed by atoms with Crippen molar-refractivity contribution in [2.24, 2.45) is 44.5 Å². The van der Waals surface area contributed by atoms with E-state index in [1.807, 2.05) is 110 Å². The number of H-pyrrole nitrogens is 2. The van der Waals surface area contributed by atoms with Gasteiger partial charge in [0.2, 0.25) is 17.7 Å². The Kier molecular flexibility index (Phi) is 23.3. The molecule has 20 rings (SSSR count). The average molecular weight is 1790 g/mol. The molecular formula is C98H102F4N16O13.